The van der Waals surface area contributed by atoms with Gasteiger partial charge in [0.2, 0.25) is 5.91 Å². The Hall–Kier alpha value is -1.83. The number of anilines is 1. The van der Waals surface area contributed by atoms with E-state index < -0.39 is 0 Å². The second kappa shape index (κ2) is 8.70. The fourth-order valence-corrected chi connectivity index (χ4v) is 3.99. The van der Waals surface area contributed by atoms with E-state index in [1.54, 1.807) is 0 Å². The van der Waals surface area contributed by atoms with Crippen LogP contribution in [0, 0.1) is 6.92 Å². The predicted octanol–water partition coefficient (Wildman–Crippen LogP) is 3.03. The molecule has 2 atom stereocenters. The quantitative estimate of drug-likeness (QED) is 0.842. The molecule has 0 aliphatic carbocycles. The van der Waals surface area contributed by atoms with Gasteiger partial charge in [-0.1, -0.05) is 6.07 Å². The van der Waals surface area contributed by atoms with Crippen molar-refractivity contribution in [3.8, 4) is 0 Å². The molecule has 1 fully saturated rings. The summed E-state index contributed by atoms with van der Waals surface area (Å²) in [7, 11) is 0. The molecule has 140 valence electrons. The lowest BCUT2D eigenvalue weighted by atomic mass is 10.1. The van der Waals surface area contributed by atoms with Crippen LogP contribution in [0.3, 0.4) is 0 Å². The normalized spacial score (nSPS) is 20.9. The van der Waals surface area contributed by atoms with Crippen LogP contribution in [0.2, 0.25) is 0 Å². The maximum Gasteiger partial charge on any atom is 0.226 e. The Morgan fingerprint density at radius 3 is 2.85 bits per heavy atom. The first-order valence-electron chi connectivity index (χ1n) is 9.00. The van der Waals surface area contributed by atoms with Crippen molar-refractivity contribution in [2.24, 2.45) is 0 Å². The number of hydrogen-bond acceptors (Lipinski definition) is 6. The van der Waals surface area contributed by atoms with Gasteiger partial charge in [-0.25, -0.2) is 4.98 Å². The molecule has 0 bridgehead atoms. The smallest absolute Gasteiger partial charge is 0.226 e. The molecule has 1 N–H and O–H groups in total. The zero-order valence-corrected chi connectivity index (χ0v) is 16.4. The average molecular weight is 375 g/mol. The molecule has 0 saturated carbocycles. The van der Waals surface area contributed by atoms with E-state index in [1.807, 2.05) is 24.7 Å². The Balaban J connectivity index is 1.47. The molecule has 1 saturated heterocycles. The van der Waals surface area contributed by atoms with Crippen LogP contribution in [0.25, 0.3) is 0 Å². The van der Waals surface area contributed by atoms with Gasteiger partial charge in [-0.2, -0.15) is 0 Å². The van der Waals surface area contributed by atoms with E-state index >= 15 is 0 Å². The van der Waals surface area contributed by atoms with Crippen molar-refractivity contribution in [2.75, 3.05) is 18.4 Å². The van der Waals surface area contributed by atoms with Crippen molar-refractivity contribution in [3.63, 3.8) is 0 Å². The molecule has 3 rings (SSSR count). The fourth-order valence-electron chi connectivity index (χ4n) is 3.27. The third kappa shape index (κ3) is 5.59. The third-order valence-electron chi connectivity index (χ3n) is 4.25. The molecule has 0 aromatic carbocycles. The zero-order chi connectivity index (χ0) is 18.5. The summed E-state index contributed by atoms with van der Waals surface area (Å²) in [6.45, 7) is 8.81. The van der Waals surface area contributed by atoms with E-state index in [0.717, 1.165) is 36.5 Å². The third-order valence-corrected chi connectivity index (χ3v) is 5.06. The second-order valence-corrected chi connectivity index (χ2v) is 7.87. The van der Waals surface area contributed by atoms with Gasteiger partial charge in [0, 0.05) is 43.8 Å². The summed E-state index contributed by atoms with van der Waals surface area (Å²) in [5, 5.41) is 5.59. The van der Waals surface area contributed by atoms with Crippen molar-refractivity contribution in [1.82, 2.24) is 14.9 Å². The Kier molecular flexibility index (Phi) is 6.34. The van der Waals surface area contributed by atoms with Crippen LogP contribution >= 0.6 is 11.3 Å². The van der Waals surface area contributed by atoms with E-state index in [1.165, 1.54) is 11.3 Å². The van der Waals surface area contributed by atoms with E-state index in [4.69, 9.17) is 4.74 Å². The molecule has 0 spiro atoms. The number of aryl methyl sites for hydroxylation is 2. The minimum Gasteiger partial charge on any atom is -0.373 e. The summed E-state index contributed by atoms with van der Waals surface area (Å²) in [5.74, 6) is -0.0129. The fraction of sp³-hybridized carbons (Fsp3) is 0.526. The minimum absolute atomic E-state index is 0.0129. The molecule has 0 radical (unpaired) electrons. The van der Waals surface area contributed by atoms with Crippen molar-refractivity contribution in [3.05, 3.63) is 40.7 Å². The Labute approximate surface area is 158 Å². The molecule has 26 heavy (non-hydrogen) atoms. The van der Waals surface area contributed by atoms with Crippen LogP contribution in [0.1, 0.15) is 37.1 Å². The predicted molar refractivity (Wildman–Crippen MR) is 103 cm³/mol. The van der Waals surface area contributed by atoms with Gasteiger partial charge < -0.3 is 10.1 Å². The lowest BCUT2D eigenvalue weighted by Gasteiger charge is -2.34. The molecule has 6 nitrogen and oxygen atoms in total. The number of ether oxygens (including phenoxy) is 1. The number of amides is 1. The maximum atomic E-state index is 12.2. The summed E-state index contributed by atoms with van der Waals surface area (Å²) in [4.78, 5) is 23.2. The van der Waals surface area contributed by atoms with Crippen LogP contribution in [0.15, 0.2) is 23.8 Å². The lowest BCUT2D eigenvalue weighted by Crippen LogP contribution is -2.44. The van der Waals surface area contributed by atoms with Gasteiger partial charge in [-0.05, 0) is 38.3 Å². The SMILES string of the molecule is Cc1cncc(CCC(=O)Nc2nc(CN3C[C@@H](C)O[C@H](C)C3)cs2)c1. The van der Waals surface area contributed by atoms with Gasteiger partial charge >= 0.3 is 0 Å². The lowest BCUT2D eigenvalue weighted by molar-refractivity contribution is -0.116. The van der Waals surface area contributed by atoms with Gasteiger partial charge in [0.15, 0.2) is 5.13 Å². The number of carbonyl (C=O) groups excluding carboxylic acids is 1. The standard InChI is InChI=1S/C19H26N4O2S/c1-13-6-16(8-20-7-13)4-5-18(24)22-19-21-17(12-26-19)11-23-9-14(2)25-15(3)10-23/h6-8,12,14-15H,4-5,9-11H2,1-3H3,(H,21,22,24)/t14-,15-/m1/s1. The Morgan fingerprint density at radius 2 is 2.12 bits per heavy atom. The van der Waals surface area contributed by atoms with Crippen LogP contribution in [-0.4, -0.2) is 46.1 Å². The van der Waals surface area contributed by atoms with Crippen molar-refractivity contribution in [1.29, 1.82) is 0 Å². The molecule has 1 amide bonds. The highest BCUT2D eigenvalue weighted by Gasteiger charge is 2.22. The van der Waals surface area contributed by atoms with E-state index in [-0.39, 0.29) is 18.1 Å². The second-order valence-electron chi connectivity index (χ2n) is 7.01. The highest BCUT2D eigenvalue weighted by Crippen LogP contribution is 2.19. The highest BCUT2D eigenvalue weighted by atomic mass is 32.1. The Morgan fingerprint density at radius 1 is 1.35 bits per heavy atom. The van der Waals surface area contributed by atoms with Crippen molar-refractivity contribution < 1.29 is 9.53 Å². The topological polar surface area (TPSA) is 67.4 Å². The number of nitrogens with zero attached hydrogens (tertiary/aromatic N) is 3. The monoisotopic (exact) mass is 374 g/mol. The largest absolute Gasteiger partial charge is 0.373 e. The molecule has 7 heteroatoms. The van der Waals surface area contributed by atoms with E-state index in [0.29, 0.717) is 18.0 Å². The van der Waals surface area contributed by atoms with Crippen molar-refractivity contribution >= 4 is 22.4 Å². The summed E-state index contributed by atoms with van der Waals surface area (Å²) in [5.41, 5.74) is 3.18. The summed E-state index contributed by atoms with van der Waals surface area (Å²) >= 11 is 1.48. The van der Waals surface area contributed by atoms with Crippen LogP contribution < -0.4 is 5.32 Å². The zero-order valence-electron chi connectivity index (χ0n) is 15.6. The van der Waals surface area contributed by atoms with Crippen molar-refractivity contribution in [2.45, 2.75) is 52.4 Å². The number of aromatic nitrogens is 2. The molecule has 2 aromatic heterocycles. The number of pyridine rings is 1. The van der Waals surface area contributed by atoms with Gasteiger partial charge in [0.1, 0.15) is 0 Å². The molecule has 1 aliphatic heterocycles. The first-order valence-corrected chi connectivity index (χ1v) is 9.88. The number of morpholine rings is 1. The molecule has 0 unspecified atom stereocenters. The average Bonchev–Trinajstić information content (AvgIpc) is 2.99. The molecule has 1 aliphatic rings. The van der Waals surface area contributed by atoms with Gasteiger partial charge in [-0.15, -0.1) is 11.3 Å². The van der Waals surface area contributed by atoms with Crippen LogP contribution in [0.4, 0.5) is 5.13 Å². The molecular weight excluding hydrogens is 348 g/mol. The number of hydrogen-bond donors (Lipinski definition) is 1. The first-order chi connectivity index (χ1) is 12.5. The molecular formula is C19H26N4O2S. The summed E-state index contributed by atoms with van der Waals surface area (Å²) < 4.78 is 5.76. The Bertz CT molecular complexity index is 739. The minimum atomic E-state index is -0.0129. The molecule has 3 heterocycles. The first kappa shape index (κ1) is 18.9. The van der Waals surface area contributed by atoms with Crippen LogP contribution in [0.5, 0.6) is 0 Å². The number of nitrogens with one attached hydrogen (secondary N) is 1. The van der Waals surface area contributed by atoms with E-state index in [9.17, 15) is 4.79 Å². The summed E-state index contributed by atoms with van der Waals surface area (Å²) in [6.07, 6.45) is 5.23. The van der Waals surface area contributed by atoms with Gasteiger partial charge in [0.25, 0.3) is 0 Å². The number of carbonyl (C=O) groups is 1. The molecule has 2 aromatic rings. The van der Waals surface area contributed by atoms with Gasteiger partial charge in [0.05, 0.1) is 17.9 Å². The van der Waals surface area contributed by atoms with E-state index in [2.05, 4.69) is 40.1 Å². The summed E-state index contributed by atoms with van der Waals surface area (Å²) in [6, 6.07) is 2.06. The maximum absolute atomic E-state index is 12.2. The van der Waals surface area contributed by atoms with Gasteiger partial charge in [-0.3, -0.25) is 14.7 Å². The highest BCUT2D eigenvalue weighted by molar-refractivity contribution is 7.13. The van der Waals surface area contributed by atoms with Crippen LogP contribution in [-0.2, 0) is 22.5 Å². The number of rotatable bonds is 6. The number of thiazole rings is 1.